The van der Waals surface area contributed by atoms with Gasteiger partial charge in [-0.05, 0) is 23.6 Å². The molecule has 0 bridgehead atoms. The van der Waals surface area contributed by atoms with Crippen LogP contribution >= 0.6 is 11.3 Å². The highest BCUT2D eigenvalue weighted by molar-refractivity contribution is 7.13. The van der Waals surface area contributed by atoms with Crippen LogP contribution in [0.2, 0.25) is 0 Å². The van der Waals surface area contributed by atoms with Crippen LogP contribution in [0.25, 0.3) is 0 Å². The standard InChI is InChI=1S/C23H21N5O2S/c1-3-8-16-14-18(23(30)28(2)20-17(16)11-7-12-24-20)25-21(29)22-27-26-19(31-22)13-15-9-5-4-6-10-15/h1,4-7,9-12,16,18H,8,13-14H2,2H3,(H,25,29)/t16-,18+/m0/s1. The first kappa shape index (κ1) is 20.7. The van der Waals surface area contributed by atoms with Crippen LogP contribution in [0.15, 0.2) is 48.7 Å². The van der Waals surface area contributed by atoms with Gasteiger partial charge in [0.2, 0.25) is 10.9 Å². The number of pyridine rings is 1. The van der Waals surface area contributed by atoms with Crippen LogP contribution in [-0.2, 0) is 11.2 Å². The third-order valence-electron chi connectivity index (χ3n) is 5.25. The molecule has 1 aromatic carbocycles. The Balaban J connectivity index is 1.51. The molecular weight excluding hydrogens is 410 g/mol. The molecule has 7 nitrogen and oxygen atoms in total. The second-order valence-corrected chi connectivity index (χ2v) is 8.41. The van der Waals surface area contributed by atoms with Gasteiger partial charge in [0.15, 0.2) is 0 Å². The predicted octanol–water partition coefficient (Wildman–Crippen LogP) is 2.80. The lowest BCUT2D eigenvalue weighted by Crippen LogP contribution is -2.47. The van der Waals surface area contributed by atoms with Gasteiger partial charge in [-0.15, -0.1) is 22.5 Å². The van der Waals surface area contributed by atoms with Gasteiger partial charge in [0.25, 0.3) is 5.91 Å². The molecule has 4 rings (SSSR count). The summed E-state index contributed by atoms with van der Waals surface area (Å²) < 4.78 is 0. The van der Waals surface area contributed by atoms with E-state index in [4.69, 9.17) is 6.42 Å². The van der Waals surface area contributed by atoms with Gasteiger partial charge in [-0.3, -0.25) is 14.5 Å². The Morgan fingerprint density at radius 1 is 1.26 bits per heavy atom. The summed E-state index contributed by atoms with van der Waals surface area (Å²) >= 11 is 1.23. The third kappa shape index (κ3) is 4.47. The molecule has 0 saturated carbocycles. The zero-order valence-corrected chi connectivity index (χ0v) is 17.8. The van der Waals surface area contributed by atoms with Crippen molar-refractivity contribution in [3.05, 3.63) is 69.8 Å². The summed E-state index contributed by atoms with van der Waals surface area (Å²) in [6.07, 6.45) is 8.66. The number of hydrogen-bond acceptors (Lipinski definition) is 6. The fourth-order valence-corrected chi connectivity index (χ4v) is 4.50. The lowest BCUT2D eigenvalue weighted by atomic mass is 9.91. The number of amides is 2. The Bertz CT molecular complexity index is 1140. The smallest absolute Gasteiger partial charge is 0.282 e. The third-order valence-corrected chi connectivity index (χ3v) is 6.17. The Hall–Kier alpha value is -3.57. The number of nitrogens with zero attached hydrogens (tertiary/aromatic N) is 4. The van der Waals surface area contributed by atoms with Gasteiger partial charge < -0.3 is 5.32 Å². The van der Waals surface area contributed by atoms with E-state index in [2.05, 4.69) is 26.4 Å². The maximum Gasteiger partial charge on any atom is 0.282 e. The molecule has 2 aromatic heterocycles. The minimum atomic E-state index is -0.730. The highest BCUT2D eigenvalue weighted by Gasteiger charge is 2.35. The van der Waals surface area contributed by atoms with Crippen molar-refractivity contribution in [3.63, 3.8) is 0 Å². The Morgan fingerprint density at radius 3 is 2.84 bits per heavy atom. The van der Waals surface area contributed by atoms with E-state index in [1.54, 1.807) is 13.2 Å². The summed E-state index contributed by atoms with van der Waals surface area (Å²) in [7, 11) is 1.66. The fourth-order valence-electron chi connectivity index (χ4n) is 3.72. The number of carbonyl (C=O) groups is 2. The number of anilines is 1. The summed E-state index contributed by atoms with van der Waals surface area (Å²) in [6.45, 7) is 0. The number of carbonyl (C=O) groups excluding carboxylic acids is 2. The van der Waals surface area contributed by atoms with Gasteiger partial charge in [-0.25, -0.2) is 4.98 Å². The normalized spacial score (nSPS) is 18.1. The van der Waals surface area contributed by atoms with E-state index in [1.165, 1.54) is 16.2 Å². The van der Waals surface area contributed by atoms with E-state index in [-0.39, 0.29) is 16.8 Å². The van der Waals surface area contributed by atoms with Gasteiger partial charge >= 0.3 is 0 Å². The number of terminal acetylenes is 1. The number of rotatable bonds is 5. The average Bonchev–Trinajstić information content (AvgIpc) is 3.23. The van der Waals surface area contributed by atoms with Crippen LogP contribution in [-0.4, -0.2) is 40.1 Å². The van der Waals surface area contributed by atoms with Gasteiger partial charge in [0.05, 0.1) is 0 Å². The molecule has 3 heterocycles. The molecule has 156 valence electrons. The molecule has 31 heavy (non-hydrogen) atoms. The molecule has 0 unspecified atom stereocenters. The number of benzene rings is 1. The van der Waals surface area contributed by atoms with Crippen LogP contribution < -0.4 is 10.2 Å². The Morgan fingerprint density at radius 2 is 2.06 bits per heavy atom. The van der Waals surface area contributed by atoms with Crippen LogP contribution in [0.3, 0.4) is 0 Å². The van der Waals surface area contributed by atoms with Crippen LogP contribution in [0, 0.1) is 12.3 Å². The molecule has 3 aromatic rings. The average molecular weight is 432 g/mol. The van der Waals surface area contributed by atoms with Crippen LogP contribution in [0.5, 0.6) is 0 Å². The second-order valence-electron chi connectivity index (χ2n) is 7.34. The second kappa shape index (κ2) is 9.06. The van der Waals surface area contributed by atoms with Gasteiger partial charge in [0.1, 0.15) is 16.9 Å². The highest BCUT2D eigenvalue weighted by atomic mass is 32.1. The molecule has 0 fully saturated rings. The summed E-state index contributed by atoms with van der Waals surface area (Å²) in [5, 5.41) is 12.0. The lowest BCUT2D eigenvalue weighted by Gasteiger charge is -2.20. The molecule has 1 aliphatic rings. The highest BCUT2D eigenvalue weighted by Crippen LogP contribution is 2.34. The Labute approximate surface area is 184 Å². The van der Waals surface area contributed by atoms with E-state index in [9.17, 15) is 9.59 Å². The summed E-state index contributed by atoms with van der Waals surface area (Å²) in [6, 6.07) is 12.9. The number of fused-ring (bicyclic) bond motifs is 1. The largest absolute Gasteiger partial charge is 0.338 e. The van der Waals surface area contributed by atoms with Crippen molar-refractivity contribution >= 4 is 29.0 Å². The van der Waals surface area contributed by atoms with Crippen molar-refractivity contribution in [1.82, 2.24) is 20.5 Å². The lowest BCUT2D eigenvalue weighted by molar-refractivity contribution is -0.120. The van der Waals surface area contributed by atoms with Crippen molar-refractivity contribution in [2.75, 3.05) is 11.9 Å². The van der Waals surface area contributed by atoms with Gasteiger partial charge in [0, 0.05) is 32.0 Å². The molecule has 0 spiro atoms. The summed E-state index contributed by atoms with van der Waals surface area (Å²) in [4.78, 5) is 31.8. The number of hydrogen-bond donors (Lipinski definition) is 1. The van der Waals surface area contributed by atoms with Crippen LogP contribution in [0.1, 0.15) is 44.7 Å². The van der Waals surface area contributed by atoms with Crippen molar-refractivity contribution < 1.29 is 9.59 Å². The summed E-state index contributed by atoms with van der Waals surface area (Å²) in [5.74, 6) is 2.52. The maximum atomic E-state index is 13.1. The zero-order chi connectivity index (χ0) is 21.8. The van der Waals surface area contributed by atoms with E-state index in [1.807, 2.05) is 42.5 Å². The minimum absolute atomic E-state index is 0.0871. The van der Waals surface area contributed by atoms with E-state index in [0.717, 1.165) is 16.1 Å². The maximum absolute atomic E-state index is 13.1. The Kier molecular flexibility index (Phi) is 6.05. The van der Waals surface area contributed by atoms with Crippen LogP contribution in [0.4, 0.5) is 5.82 Å². The number of likely N-dealkylation sites (N-methyl/N-ethyl adjacent to an activating group) is 1. The minimum Gasteiger partial charge on any atom is -0.338 e. The van der Waals surface area contributed by atoms with Gasteiger partial charge in [-0.2, -0.15) is 0 Å². The SMILES string of the molecule is C#CC[C@H]1C[C@@H](NC(=O)c2nnc(Cc3ccccc3)s2)C(=O)N(C)c2ncccc21. The van der Waals surface area contributed by atoms with Crippen molar-refractivity contribution in [1.29, 1.82) is 0 Å². The molecule has 0 radical (unpaired) electrons. The number of aromatic nitrogens is 3. The first-order valence-corrected chi connectivity index (χ1v) is 10.7. The zero-order valence-electron chi connectivity index (χ0n) is 17.0. The van der Waals surface area contributed by atoms with Gasteiger partial charge in [-0.1, -0.05) is 47.7 Å². The topological polar surface area (TPSA) is 88.1 Å². The van der Waals surface area contributed by atoms with E-state index in [0.29, 0.717) is 25.1 Å². The van der Waals surface area contributed by atoms with Crippen molar-refractivity contribution in [3.8, 4) is 12.3 Å². The van der Waals surface area contributed by atoms with Crippen molar-refractivity contribution in [2.24, 2.45) is 0 Å². The molecule has 8 heteroatoms. The number of nitrogens with one attached hydrogen (secondary N) is 1. The predicted molar refractivity (Wildman–Crippen MR) is 119 cm³/mol. The molecule has 2 amide bonds. The first-order chi connectivity index (χ1) is 15.1. The molecule has 0 aliphatic carbocycles. The molecule has 1 aliphatic heterocycles. The fraction of sp³-hybridized carbons (Fsp3) is 0.261. The molecule has 2 atom stereocenters. The first-order valence-electron chi connectivity index (χ1n) is 9.90. The van der Waals surface area contributed by atoms with E-state index < -0.39 is 11.9 Å². The van der Waals surface area contributed by atoms with E-state index >= 15 is 0 Å². The quantitative estimate of drug-likeness (QED) is 0.628. The molecule has 0 saturated heterocycles. The van der Waals surface area contributed by atoms with Crippen molar-refractivity contribution in [2.45, 2.75) is 31.2 Å². The molecule has 1 N–H and O–H groups in total. The molecular formula is C23H21N5O2S. The summed E-state index contributed by atoms with van der Waals surface area (Å²) in [5.41, 5.74) is 2.00. The monoisotopic (exact) mass is 431 g/mol.